The molecule has 0 spiro atoms. The summed E-state index contributed by atoms with van der Waals surface area (Å²) in [5, 5.41) is 6.65. The first-order valence-electron chi connectivity index (χ1n) is 9.16. The van der Waals surface area contributed by atoms with E-state index in [-0.39, 0.29) is 31.3 Å². The summed E-state index contributed by atoms with van der Waals surface area (Å²) in [5.74, 6) is 3.50. The molecule has 0 unspecified atom stereocenters. The van der Waals surface area contributed by atoms with Crippen molar-refractivity contribution >= 4 is 46.3 Å². The molecule has 2 rings (SSSR count). The van der Waals surface area contributed by atoms with Crippen LogP contribution in [-0.4, -0.2) is 38.9 Å². The van der Waals surface area contributed by atoms with Gasteiger partial charge in [0.1, 0.15) is 12.4 Å². The standard InChI is InChI=1S/C22H22IN3O5/c1-4-11-31-22-18(23)12-15(13-19(22)30-3)14-24-26-21(28)10-9-20(27)25-16-5-7-17(29-2)8-6-16/h1,5-8,12-14H,9-11H2,2-3H3,(H,25,27)(H,26,28). The van der Waals surface area contributed by atoms with Crippen molar-refractivity contribution < 1.29 is 23.8 Å². The first kappa shape index (κ1) is 24.0. The number of hydrogen-bond acceptors (Lipinski definition) is 6. The third-order valence-electron chi connectivity index (χ3n) is 3.91. The van der Waals surface area contributed by atoms with Gasteiger partial charge in [0.05, 0.1) is 24.0 Å². The lowest BCUT2D eigenvalue weighted by Gasteiger charge is -2.11. The number of benzene rings is 2. The quantitative estimate of drug-likeness (QED) is 0.211. The van der Waals surface area contributed by atoms with E-state index in [0.29, 0.717) is 28.5 Å². The number of carbonyl (C=O) groups is 2. The molecule has 2 aromatic rings. The molecule has 0 aliphatic carbocycles. The van der Waals surface area contributed by atoms with Crippen molar-refractivity contribution in [1.82, 2.24) is 5.43 Å². The molecule has 9 heteroatoms. The number of methoxy groups -OCH3 is 2. The van der Waals surface area contributed by atoms with E-state index in [9.17, 15) is 9.59 Å². The van der Waals surface area contributed by atoms with Gasteiger partial charge in [-0.05, 0) is 64.6 Å². The molecule has 0 bridgehead atoms. The van der Waals surface area contributed by atoms with E-state index in [1.807, 2.05) is 6.07 Å². The van der Waals surface area contributed by atoms with Crippen LogP contribution in [0.15, 0.2) is 41.5 Å². The van der Waals surface area contributed by atoms with Gasteiger partial charge in [-0.1, -0.05) is 5.92 Å². The fourth-order valence-corrected chi connectivity index (χ4v) is 3.21. The average Bonchev–Trinajstić information content (AvgIpc) is 2.77. The summed E-state index contributed by atoms with van der Waals surface area (Å²) in [6.45, 7) is 0.127. The van der Waals surface area contributed by atoms with Crippen molar-refractivity contribution in [1.29, 1.82) is 0 Å². The van der Waals surface area contributed by atoms with Gasteiger partial charge in [-0.15, -0.1) is 6.42 Å². The maximum Gasteiger partial charge on any atom is 0.240 e. The van der Waals surface area contributed by atoms with E-state index < -0.39 is 0 Å². The number of hydrogen-bond donors (Lipinski definition) is 2. The molecule has 2 aromatic carbocycles. The average molecular weight is 535 g/mol. The van der Waals surface area contributed by atoms with Crippen LogP contribution in [0.1, 0.15) is 18.4 Å². The monoisotopic (exact) mass is 535 g/mol. The third kappa shape index (κ3) is 7.82. The Hall–Kier alpha value is -3.26. The minimum Gasteiger partial charge on any atom is -0.497 e. The van der Waals surface area contributed by atoms with E-state index >= 15 is 0 Å². The maximum atomic E-state index is 12.0. The van der Waals surface area contributed by atoms with Gasteiger partial charge in [0, 0.05) is 18.5 Å². The predicted octanol–water partition coefficient (Wildman–Crippen LogP) is 3.19. The summed E-state index contributed by atoms with van der Waals surface area (Å²) in [7, 11) is 3.09. The number of nitrogens with zero attached hydrogens (tertiary/aromatic N) is 1. The van der Waals surface area contributed by atoms with Crippen molar-refractivity contribution in [2.24, 2.45) is 5.10 Å². The zero-order chi connectivity index (χ0) is 22.6. The van der Waals surface area contributed by atoms with E-state index in [0.717, 1.165) is 3.57 Å². The topological polar surface area (TPSA) is 98.2 Å². The fourth-order valence-electron chi connectivity index (χ4n) is 2.43. The number of amides is 2. The van der Waals surface area contributed by atoms with Crippen molar-refractivity contribution in [2.75, 3.05) is 26.1 Å². The Morgan fingerprint density at radius 1 is 1.13 bits per heavy atom. The molecule has 2 N–H and O–H groups in total. The van der Waals surface area contributed by atoms with Crippen LogP contribution < -0.4 is 25.0 Å². The number of terminal acetylenes is 1. The molecule has 0 aromatic heterocycles. The van der Waals surface area contributed by atoms with Crippen LogP contribution in [-0.2, 0) is 9.59 Å². The third-order valence-corrected chi connectivity index (χ3v) is 4.71. The van der Waals surface area contributed by atoms with E-state index in [2.05, 4.69) is 44.4 Å². The van der Waals surface area contributed by atoms with E-state index in [4.69, 9.17) is 20.6 Å². The van der Waals surface area contributed by atoms with Crippen LogP contribution in [0.2, 0.25) is 0 Å². The molecule has 0 fully saturated rings. The summed E-state index contributed by atoms with van der Waals surface area (Å²) >= 11 is 2.10. The van der Waals surface area contributed by atoms with E-state index in [1.165, 1.54) is 13.3 Å². The Kier molecular flexibility index (Phi) is 9.64. The highest BCUT2D eigenvalue weighted by Gasteiger charge is 2.11. The highest BCUT2D eigenvalue weighted by atomic mass is 127. The Morgan fingerprint density at radius 2 is 1.84 bits per heavy atom. The van der Waals surface area contributed by atoms with Crippen molar-refractivity contribution in [3.8, 4) is 29.6 Å². The zero-order valence-corrected chi connectivity index (χ0v) is 19.3. The van der Waals surface area contributed by atoms with Gasteiger partial charge in [-0.3, -0.25) is 9.59 Å². The van der Waals surface area contributed by atoms with Gasteiger partial charge in [-0.25, -0.2) is 5.43 Å². The summed E-state index contributed by atoms with van der Waals surface area (Å²) in [6.07, 6.45) is 6.73. The molecule has 162 valence electrons. The van der Waals surface area contributed by atoms with Crippen LogP contribution >= 0.6 is 22.6 Å². The molecule has 2 amide bonds. The van der Waals surface area contributed by atoms with Gasteiger partial charge in [0.2, 0.25) is 11.8 Å². The van der Waals surface area contributed by atoms with Gasteiger partial charge < -0.3 is 19.5 Å². The fraction of sp³-hybridized carbons (Fsp3) is 0.227. The van der Waals surface area contributed by atoms with Gasteiger partial charge in [-0.2, -0.15) is 5.10 Å². The predicted molar refractivity (Wildman–Crippen MR) is 127 cm³/mol. The van der Waals surface area contributed by atoms with E-state index in [1.54, 1.807) is 37.4 Å². The van der Waals surface area contributed by atoms with Gasteiger partial charge in [0.15, 0.2) is 11.5 Å². The second-order valence-corrected chi connectivity index (χ2v) is 7.26. The molecule has 0 heterocycles. The maximum absolute atomic E-state index is 12.0. The molecular formula is C22H22IN3O5. The molecule has 0 saturated carbocycles. The minimum atomic E-state index is -0.378. The summed E-state index contributed by atoms with van der Waals surface area (Å²) in [6, 6.07) is 10.4. The van der Waals surface area contributed by atoms with Crippen molar-refractivity contribution in [3.63, 3.8) is 0 Å². The normalized spacial score (nSPS) is 10.3. The molecule has 0 aliphatic rings. The number of anilines is 1. The largest absolute Gasteiger partial charge is 0.497 e. The Morgan fingerprint density at radius 3 is 2.48 bits per heavy atom. The zero-order valence-electron chi connectivity index (χ0n) is 17.1. The smallest absolute Gasteiger partial charge is 0.240 e. The summed E-state index contributed by atoms with van der Waals surface area (Å²) < 4.78 is 16.7. The molecular weight excluding hydrogens is 513 g/mol. The number of carbonyl (C=O) groups excluding carboxylic acids is 2. The molecule has 0 aliphatic heterocycles. The molecule has 31 heavy (non-hydrogen) atoms. The number of halogens is 1. The molecule has 0 saturated heterocycles. The van der Waals surface area contributed by atoms with Crippen LogP contribution in [0.25, 0.3) is 0 Å². The number of ether oxygens (including phenoxy) is 3. The highest BCUT2D eigenvalue weighted by Crippen LogP contribution is 2.33. The van der Waals surface area contributed by atoms with Crippen molar-refractivity contribution in [2.45, 2.75) is 12.8 Å². The lowest BCUT2D eigenvalue weighted by molar-refractivity contribution is -0.124. The number of hydrazone groups is 1. The Bertz CT molecular complexity index is 984. The lowest BCUT2D eigenvalue weighted by Crippen LogP contribution is -2.20. The van der Waals surface area contributed by atoms with Crippen LogP contribution in [0, 0.1) is 15.9 Å². The second-order valence-electron chi connectivity index (χ2n) is 6.10. The van der Waals surface area contributed by atoms with Crippen LogP contribution in [0.4, 0.5) is 5.69 Å². The lowest BCUT2D eigenvalue weighted by atomic mass is 10.2. The minimum absolute atomic E-state index is 0.000942. The van der Waals surface area contributed by atoms with Crippen LogP contribution in [0.3, 0.4) is 0 Å². The number of rotatable bonds is 10. The van der Waals surface area contributed by atoms with Crippen molar-refractivity contribution in [3.05, 3.63) is 45.5 Å². The summed E-state index contributed by atoms with van der Waals surface area (Å²) in [4.78, 5) is 23.9. The Labute approximate surface area is 194 Å². The second kappa shape index (κ2) is 12.4. The SMILES string of the molecule is C#CCOc1c(I)cc(C=NNC(=O)CCC(=O)Nc2ccc(OC)cc2)cc1OC. The first-order chi connectivity index (χ1) is 15.0. The first-order valence-corrected chi connectivity index (χ1v) is 10.2. The van der Waals surface area contributed by atoms with Crippen LogP contribution in [0.5, 0.6) is 17.2 Å². The molecule has 0 atom stereocenters. The molecule has 8 nitrogen and oxygen atoms in total. The molecule has 0 radical (unpaired) electrons. The Balaban J connectivity index is 1.84. The highest BCUT2D eigenvalue weighted by molar-refractivity contribution is 14.1. The van der Waals surface area contributed by atoms with Gasteiger partial charge >= 0.3 is 0 Å². The van der Waals surface area contributed by atoms with Gasteiger partial charge in [0.25, 0.3) is 0 Å². The summed E-state index contributed by atoms with van der Waals surface area (Å²) in [5.41, 5.74) is 3.73. The number of nitrogens with one attached hydrogen (secondary N) is 2.